The summed E-state index contributed by atoms with van der Waals surface area (Å²) in [6.45, 7) is 1.26. The van der Waals surface area contributed by atoms with Gasteiger partial charge in [-0.1, -0.05) is 78.9 Å². The molecule has 1 saturated carbocycles. The number of hydrogen-bond donors (Lipinski definition) is 1. The molecule has 0 spiro atoms. The van der Waals surface area contributed by atoms with Gasteiger partial charge in [0.05, 0.1) is 12.7 Å². The average molecular weight is 522 g/mol. The lowest BCUT2D eigenvalue weighted by Gasteiger charge is -2.52. The van der Waals surface area contributed by atoms with Crippen molar-refractivity contribution >= 4 is 5.91 Å². The van der Waals surface area contributed by atoms with Gasteiger partial charge in [0.2, 0.25) is 0 Å². The Kier molecular flexibility index (Phi) is 6.10. The van der Waals surface area contributed by atoms with Crippen LogP contribution in [-0.2, 0) is 16.1 Å². The number of hydrazine groups is 1. The lowest BCUT2D eigenvalue weighted by molar-refractivity contribution is -0.154. The fourth-order valence-corrected chi connectivity index (χ4v) is 6.00. The molecule has 5 unspecified atom stereocenters. The van der Waals surface area contributed by atoms with Crippen molar-refractivity contribution in [3.05, 3.63) is 125 Å². The van der Waals surface area contributed by atoms with E-state index in [2.05, 4.69) is 29.3 Å². The molecule has 3 heterocycles. The molecule has 3 aromatic carbocycles. The van der Waals surface area contributed by atoms with Crippen LogP contribution in [-0.4, -0.2) is 51.4 Å². The summed E-state index contributed by atoms with van der Waals surface area (Å²) >= 11 is 0. The molecule has 1 N–H and O–H groups in total. The van der Waals surface area contributed by atoms with Crippen molar-refractivity contribution < 1.29 is 19.4 Å². The number of amides is 1. The number of aliphatic hydroxyl groups excluding tert-OH is 1. The summed E-state index contributed by atoms with van der Waals surface area (Å²) in [5, 5.41) is 15.1. The molecule has 7 nitrogen and oxygen atoms in total. The van der Waals surface area contributed by atoms with Gasteiger partial charge in [0, 0.05) is 24.2 Å². The minimum atomic E-state index is -1.01. The molecule has 3 aliphatic heterocycles. The van der Waals surface area contributed by atoms with Gasteiger partial charge in [-0.15, -0.1) is 0 Å². The van der Waals surface area contributed by atoms with Crippen LogP contribution in [0.3, 0.4) is 0 Å². The van der Waals surface area contributed by atoms with Crippen LogP contribution in [0.1, 0.15) is 35.6 Å². The molecule has 1 saturated heterocycles. The quantitative estimate of drug-likeness (QED) is 0.542. The van der Waals surface area contributed by atoms with Crippen molar-refractivity contribution in [1.82, 2.24) is 14.9 Å². The predicted molar refractivity (Wildman–Crippen MR) is 146 cm³/mol. The maximum Gasteiger partial charge on any atom is 0.276 e. The molecule has 7 heteroatoms. The third-order valence-corrected chi connectivity index (χ3v) is 8.17. The highest BCUT2D eigenvalue weighted by molar-refractivity contribution is 5.94. The molecule has 1 aliphatic carbocycles. The van der Waals surface area contributed by atoms with E-state index in [4.69, 9.17) is 9.47 Å². The van der Waals surface area contributed by atoms with E-state index < -0.39 is 6.10 Å². The molecular weight excluding hydrogens is 490 g/mol. The van der Waals surface area contributed by atoms with Crippen LogP contribution >= 0.6 is 0 Å². The van der Waals surface area contributed by atoms with E-state index in [1.807, 2.05) is 70.6 Å². The van der Waals surface area contributed by atoms with Crippen LogP contribution in [0, 0.1) is 5.92 Å². The molecule has 5 atom stereocenters. The van der Waals surface area contributed by atoms with Crippen LogP contribution < -0.4 is 4.74 Å². The summed E-state index contributed by atoms with van der Waals surface area (Å²) in [5.41, 5.74) is 3.45. The number of fused-ring (bicyclic) bond motifs is 6. The summed E-state index contributed by atoms with van der Waals surface area (Å²) in [5.74, 6) is 1.27. The molecule has 2 bridgehead atoms. The molecule has 198 valence electrons. The predicted octanol–water partition coefficient (Wildman–Crippen LogP) is 4.58. The van der Waals surface area contributed by atoms with Gasteiger partial charge in [-0.3, -0.25) is 9.80 Å². The molecule has 0 radical (unpaired) electrons. The summed E-state index contributed by atoms with van der Waals surface area (Å²) in [4.78, 5) is 16.0. The Balaban J connectivity index is 1.37. The SMILES string of the molecule is O=C1C2=C(OCc3ccccc3)C(O)C=CN2N2CN1CC1CCC1Oc1ccccc1C2c1ccccc1. The lowest BCUT2D eigenvalue weighted by atomic mass is 9.81. The van der Waals surface area contributed by atoms with Crippen LogP contribution in [0.4, 0.5) is 0 Å². The Bertz CT molecular complexity index is 1420. The number of aliphatic hydroxyl groups is 1. The maximum atomic E-state index is 14.1. The third-order valence-electron chi connectivity index (χ3n) is 8.17. The minimum absolute atomic E-state index is 0.0691. The van der Waals surface area contributed by atoms with Crippen LogP contribution in [0.25, 0.3) is 0 Å². The monoisotopic (exact) mass is 521 g/mol. The Morgan fingerprint density at radius 1 is 0.923 bits per heavy atom. The molecule has 4 aliphatic rings. The van der Waals surface area contributed by atoms with Crippen LogP contribution in [0.2, 0.25) is 0 Å². The van der Waals surface area contributed by atoms with E-state index in [0.717, 1.165) is 35.3 Å². The Morgan fingerprint density at radius 2 is 1.67 bits per heavy atom. The van der Waals surface area contributed by atoms with Gasteiger partial charge in [-0.25, -0.2) is 0 Å². The Labute approximate surface area is 228 Å². The second-order valence-electron chi connectivity index (χ2n) is 10.6. The molecule has 39 heavy (non-hydrogen) atoms. The second kappa shape index (κ2) is 9.91. The number of ether oxygens (including phenoxy) is 2. The van der Waals surface area contributed by atoms with Gasteiger partial charge < -0.3 is 19.5 Å². The lowest BCUT2D eigenvalue weighted by Crippen LogP contribution is -2.61. The Hall–Kier alpha value is -4.07. The second-order valence-corrected chi connectivity index (χ2v) is 10.6. The first-order chi connectivity index (χ1) is 19.2. The van der Waals surface area contributed by atoms with Gasteiger partial charge in [0.25, 0.3) is 5.91 Å². The van der Waals surface area contributed by atoms with Crippen LogP contribution in [0.5, 0.6) is 5.75 Å². The summed E-state index contributed by atoms with van der Waals surface area (Å²) in [6.07, 6.45) is 4.52. The van der Waals surface area contributed by atoms with Gasteiger partial charge in [0.1, 0.15) is 24.6 Å². The van der Waals surface area contributed by atoms with Crippen molar-refractivity contribution in [3.8, 4) is 5.75 Å². The van der Waals surface area contributed by atoms with Gasteiger partial charge >= 0.3 is 0 Å². The van der Waals surface area contributed by atoms with E-state index in [1.165, 1.54) is 0 Å². The number of rotatable bonds is 4. The number of nitrogens with zero attached hydrogens (tertiary/aromatic N) is 3. The summed E-state index contributed by atoms with van der Waals surface area (Å²) in [6, 6.07) is 28.1. The minimum Gasteiger partial charge on any atom is -0.490 e. The fraction of sp³-hybridized carbons (Fsp3) is 0.281. The van der Waals surface area contributed by atoms with Crippen molar-refractivity contribution in [2.45, 2.75) is 37.7 Å². The van der Waals surface area contributed by atoms with Gasteiger partial charge in [-0.05, 0) is 36.1 Å². The van der Waals surface area contributed by atoms with E-state index in [9.17, 15) is 9.90 Å². The third kappa shape index (κ3) is 4.28. The number of para-hydroxylation sites is 1. The summed E-state index contributed by atoms with van der Waals surface area (Å²) < 4.78 is 12.8. The first-order valence-electron chi connectivity index (χ1n) is 13.6. The van der Waals surface area contributed by atoms with Gasteiger partial charge in [-0.2, -0.15) is 5.01 Å². The molecular formula is C32H31N3O4. The van der Waals surface area contributed by atoms with Crippen molar-refractivity contribution in [1.29, 1.82) is 0 Å². The number of hydrogen-bond acceptors (Lipinski definition) is 6. The summed E-state index contributed by atoms with van der Waals surface area (Å²) in [7, 11) is 0. The average Bonchev–Trinajstić information content (AvgIpc) is 2.96. The van der Waals surface area contributed by atoms with E-state index in [1.54, 1.807) is 12.3 Å². The number of benzene rings is 3. The molecule has 0 aromatic heterocycles. The van der Waals surface area contributed by atoms with Crippen molar-refractivity contribution in [3.63, 3.8) is 0 Å². The standard InChI is InChI=1S/C32H31N3O4/c36-26-17-18-34-30(31(26)38-20-22-9-3-1-4-10-22)32(37)33-19-24-15-16-27(24)39-28-14-8-7-13-25(28)29(35(34)21-33)23-11-5-2-6-12-23/h1-14,17-18,24,26-27,29,36H,15-16,19-21H2. The molecule has 1 amide bonds. The smallest absolute Gasteiger partial charge is 0.276 e. The van der Waals surface area contributed by atoms with Crippen molar-refractivity contribution in [2.75, 3.05) is 13.2 Å². The fourth-order valence-electron chi connectivity index (χ4n) is 6.00. The number of carbonyl (C=O) groups excluding carboxylic acids is 1. The van der Waals surface area contributed by atoms with Crippen molar-refractivity contribution in [2.24, 2.45) is 5.92 Å². The Morgan fingerprint density at radius 3 is 2.44 bits per heavy atom. The zero-order valence-corrected chi connectivity index (χ0v) is 21.6. The zero-order valence-electron chi connectivity index (χ0n) is 21.6. The van der Waals surface area contributed by atoms with E-state index in [-0.39, 0.29) is 36.3 Å². The largest absolute Gasteiger partial charge is 0.490 e. The zero-order chi connectivity index (χ0) is 26.3. The highest BCUT2D eigenvalue weighted by Crippen LogP contribution is 2.44. The van der Waals surface area contributed by atoms with Crippen LogP contribution in [0.15, 0.2) is 109 Å². The molecule has 3 aromatic rings. The topological polar surface area (TPSA) is 65.5 Å². The highest BCUT2D eigenvalue weighted by atomic mass is 16.5. The highest BCUT2D eigenvalue weighted by Gasteiger charge is 2.47. The first kappa shape index (κ1) is 24.0. The maximum absolute atomic E-state index is 14.1. The molecule has 2 fully saturated rings. The number of carbonyl (C=O) groups is 1. The van der Waals surface area contributed by atoms with E-state index >= 15 is 0 Å². The molecule has 7 rings (SSSR count). The van der Waals surface area contributed by atoms with Gasteiger partial charge in [0.15, 0.2) is 11.5 Å². The van der Waals surface area contributed by atoms with E-state index in [0.29, 0.717) is 18.9 Å². The normalized spacial score (nSPS) is 27.5. The first-order valence-corrected chi connectivity index (χ1v) is 13.6.